The Bertz CT molecular complexity index is 2450. The molecule has 49 heavy (non-hydrogen) atoms. The predicted molar refractivity (Wildman–Crippen MR) is 206 cm³/mol. The average Bonchev–Trinajstić information content (AvgIpc) is 3.53. The summed E-state index contributed by atoms with van der Waals surface area (Å²) in [5, 5.41) is 2.55. The summed E-state index contributed by atoms with van der Waals surface area (Å²) in [7, 11) is 0. The number of pyridine rings is 1. The number of hydrogen-bond donors (Lipinski definition) is 0. The minimum absolute atomic E-state index is 0.962. The molecule has 9 rings (SSSR count). The van der Waals surface area contributed by atoms with Gasteiger partial charge in [-0.15, -0.1) is 0 Å². The highest BCUT2D eigenvalue weighted by atomic mass is 15.0. The van der Waals surface area contributed by atoms with E-state index >= 15 is 0 Å². The lowest BCUT2D eigenvalue weighted by molar-refractivity contribution is 1.18. The van der Waals surface area contributed by atoms with Crippen LogP contribution in [0.5, 0.6) is 0 Å². The fraction of sp³-hybridized carbons (Fsp3) is 0. The van der Waals surface area contributed by atoms with Crippen LogP contribution in [0.3, 0.4) is 0 Å². The zero-order valence-electron chi connectivity index (χ0n) is 26.9. The molecule has 2 heteroatoms. The molecule has 0 atom stereocenters. The number of rotatable bonds is 6. The molecular formula is C47H32N2. The van der Waals surface area contributed by atoms with Gasteiger partial charge in [0, 0.05) is 27.6 Å². The predicted octanol–water partition coefficient (Wildman–Crippen LogP) is 12.5. The minimum atomic E-state index is 0.962. The van der Waals surface area contributed by atoms with Gasteiger partial charge in [-0.1, -0.05) is 152 Å². The van der Waals surface area contributed by atoms with Crippen molar-refractivity contribution < 1.29 is 0 Å². The van der Waals surface area contributed by atoms with E-state index in [9.17, 15) is 0 Å². The number of para-hydroxylation sites is 2. The normalized spacial score (nSPS) is 11.3. The van der Waals surface area contributed by atoms with Crippen LogP contribution in [0, 0.1) is 0 Å². The van der Waals surface area contributed by atoms with Gasteiger partial charge in [-0.3, -0.25) is 0 Å². The summed E-state index contributed by atoms with van der Waals surface area (Å²) in [6.45, 7) is 0. The molecule has 2 aromatic heterocycles. The van der Waals surface area contributed by atoms with Gasteiger partial charge in [0.05, 0.1) is 22.4 Å². The van der Waals surface area contributed by atoms with E-state index in [2.05, 4.69) is 193 Å². The van der Waals surface area contributed by atoms with Gasteiger partial charge >= 0.3 is 0 Å². The molecule has 0 N–H and O–H groups in total. The molecule has 0 unspecified atom stereocenters. The molecule has 7 aromatic carbocycles. The van der Waals surface area contributed by atoms with Gasteiger partial charge in [-0.25, -0.2) is 4.98 Å². The zero-order valence-corrected chi connectivity index (χ0v) is 26.9. The van der Waals surface area contributed by atoms with E-state index in [0.717, 1.165) is 33.8 Å². The fourth-order valence-electron chi connectivity index (χ4n) is 6.95. The summed E-state index contributed by atoms with van der Waals surface area (Å²) in [6, 6.07) is 69.1. The highest BCUT2D eigenvalue weighted by Crippen LogP contribution is 2.35. The average molecular weight is 625 g/mol. The Morgan fingerprint density at radius 2 is 0.694 bits per heavy atom. The lowest BCUT2D eigenvalue weighted by Crippen LogP contribution is -1.93. The van der Waals surface area contributed by atoms with Crippen LogP contribution in [0.15, 0.2) is 194 Å². The van der Waals surface area contributed by atoms with Crippen LogP contribution in [0.4, 0.5) is 0 Å². The second kappa shape index (κ2) is 12.3. The molecule has 0 fully saturated rings. The van der Waals surface area contributed by atoms with Gasteiger partial charge in [0.15, 0.2) is 0 Å². The Labute approximate surface area is 286 Å². The second-order valence-electron chi connectivity index (χ2n) is 12.4. The van der Waals surface area contributed by atoms with Crippen LogP contribution >= 0.6 is 0 Å². The quantitative estimate of drug-likeness (QED) is 0.180. The molecule has 0 aliphatic carbocycles. The molecule has 0 radical (unpaired) electrons. The van der Waals surface area contributed by atoms with Crippen molar-refractivity contribution in [2.75, 3.05) is 0 Å². The third-order valence-electron chi connectivity index (χ3n) is 9.42. The SMILES string of the molecule is c1ccc(-c2cc(-c3ccccc3)nc(-c3ccc(-c4cccc(-c5ccc(-n6c7ccccc7c7ccccc76)cc5)c4)cc3)c2)cc1. The Kier molecular flexibility index (Phi) is 7.18. The number of benzene rings is 7. The van der Waals surface area contributed by atoms with Gasteiger partial charge in [0.25, 0.3) is 0 Å². The summed E-state index contributed by atoms with van der Waals surface area (Å²) < 4.78 is 2.36. The minimum Gasteiger partial charge on any atom is -0.309 e. The summed E-state index contributed by atoms with van der Waals surface area (Å²) in [6.07, 6.45) is 0. The molecule has 0 saturated heterocycles. The smallest absolute Gasteiger partial charge is 0.0715 e. The molecule has 9 aromatic rings. The lowest BCUT2D eigenvalue weighted by atomic mass is 9.97. The zero-order chi connectivity index (χ0) is 32.6. The van der Waals surface area contributed by atoms with E-state index in [1.165, 1.54) is 49.6 Å². The Morgan fingerprint density at radius 3 is 1.27 bits per heavy atom. The first-order valence-electron chi connectivity index (χ1n) is 16.7. The molecule has 230 valence electrons. The van der Waals surface area contributed by atoms with Crippen molar-refractivity contribution in [1.82, 2.24) is 9.55 Å². The molecule has 2 nitrogen and oxygen atoms in total. The molecule has 0 saturated carbocycles. The summed E-state index contributed by atoms with van der Waals surface area (Å²) >= 11 is 0. The standard InChI is InChI=1S/C47H32N2/c1-3-12-33(13-4-1)40-31-44(36-14-5-2-6-15-36)48-45(32-40)37-24-22-34(23-25-37)38-16-11-17-39(30-38)35-26-28-41(29-27-35)49-46-20-9-7-18-42(46)43-19-8-10-21-47(43)49/h1-32H. The largest absolute Gasteiger partial charge is 0.309 e. The highest BCUT2D eigenvalue weighted by molar-refractivity contribution is 6.09. The monoisotopic (exact) mass is 624 g/mol. The lowest BCUT2D eigenvalue weighted by Gasteiger charge is -2.12. The Morgan fingerprint density at radius 1 is 0.286 bits per heavy atom. The van der Waals surface area contributed by atoms with Gasteiger partial charge in [0.2, 0.25) is 0 Å². The number of nitrogens with zero attached hydrogens (tertiary/aromatic N) is 2. The molecule has 2 heterocycles. The first-order chi connectivity index (χ1) is 24.3. The van der Waals surface area contributed by atoms with E-state index in [-0.39, 0.29) is 0 Å². The first-order valence-corrected chi connectivity index (χ1v) is 16.7. The van der Waals surface area contributed by atoms with Crippen LogP contribution < -0.4 is 0 Å². The van der Waals surface area contributed by atoms with E-state index in [1.54, 1.807) is 0 Å². The van der Waals surface area contributed by atoms with E-state index in [4.69, 9.17) is 4.98 Å². The maximum atomic E-state index is 5.11. The van der Waals surface area contributed by atoms with Crippen molar-refractivity contribution in [1.29, 1.82) is 0 Å². The van der Waals surface area contributed by atoms with Crippen LogP contribution in [-0.2, 0) is 0 Å². The van der Waals surface area contributed by atoms with E-state index in [0.29, 0.717) is 0 Å². The maximum absolute atomic E-state index is 5.11. The topological polar surface area (TPSA) is 17.8 Å². The van der Waals surface area contributed by atoms with Crippen molar-refractivity contribution in [2.45, 2.75) is 0 Å². The van der Waals surface area contributed by atoms with Crippen molar-refractivity contribution in [3.05, 3.63) is 194 Å². The molecule has 0 bridgehead atoms. The second-order valence-corrected chi connectivity index (χ2v) is 12.4. The maximum Gasteiger partial charge on any atom is 0.0715 e. The van der Waals surface area contributed by atoms with Crippen molar-refractivity contribution in [2.24, 2.45) is 0 Å². The van der Waals surface area contributed by atoms with E-state index in [1.807, 2.05) is 6.07 Å². The summed E-state index contributed by atoms with van der Waals surface area (Å²) in [4.78, 5) is 5.11. The Hall–Kier alpha value is -6.51. The van der Waals surface area contributed by atoms with Crippen molar-refractivity contribution >= 4 is 21.8 Å². The molecule has 0 amide bonds. The Balaban J connectivity index is 1.03. The number of hydrogen-bond acceptors (Lipinski definition) is 1. The number of fused-ring (bicyclic) bond motifs is 3. The molecular weight excluding hydrogens is 593 g/mol. The van der Waals surface area contributed by atoms with Crippen LogP contribution in [-0.4, -0.2) is 9.55 Å². The van der Waals surface area contributed by atoms with Crippen LogP contribution in [0.25, 0.3) is 83.4 Å². The van der Waals surface area contributed by atoms with E-state index < -0.39 is 0 Å². The third-order valence-corrected chi connectivity index (χ3v) is 9.42. The van der Waals surface area contributed by atoms with Crippen LogP contribution in [0.2, 0.25) is 0 Å². The van der Waals surface area contributed by atoms with Crippen molar-refractivity contribution in [3.8, 4) is 61.6 Å². The molecule has 0 aliphatic rings. The summed E-state index contributed by atoms with van der Waals surface area (Å²) in [5.74, 6) is 0. The van der Waals surface area contributed by atoms with Crippen LogP contribution in [0.1, 0.15) is 0 Å². The summed E-state index contributed by atoms with van der Waals surface area (Å²) in [5.41, 5.74) is 14.8. The van der Waals surface area contributed by atoms with Gasteiger partial charge < -0.3 is 4.57 Å². The van der Waals surface area contributed by atoms with Gasteiger partial charge in [-0.2, -0.15) is 0 Å². The van der Waals surface area contributed by atoms with Gasteiger partial charge in [0.1, 0.15) is 0 Å². The fourth-order valence-corrected chi connectivity index (χ4v) is 6.95. The van der Waals surface area contributed by atoms with Crippen molar-refractivity contribution in [3.63, 3.8) is 0 Å². The third kappa shape index (κ3) is 5.40. The first kappa shape index (κ1) is 28.7. The molecule has 0 spiro atoms. The molecule has 0 aliphatic heterocycles. The highest BCUT2D eigenvalue weighted by Gasteiger charge is 2.13. The van der Waals surface area contributed by atoms with Gasteiger partial charge in [-0.05, 0) is 75.8 Å². The number of aromatic nitrogens is 2.